The van der Waals surface area contributed by atoms with Gasteiger partial charge in [0.25, 0.3) is 0 Å². The van der Waals surface area contributed by atoms with Crippen LogP contribution in [0.5, 0.6) is 0 Å². The fourth-order valence-corrected chi connectivity index (χ4v) is 8.02. The first-order chi connectivity index (χ1) is 22.7. The van der Waals surface area contributed by atoms with Crippen LogP contribution in [0.25, 0.3) is 0 Å². The van der Waals surface area contributed by atoms with Gasteiger partial charge in [0.15, 0.2) is 0 Å². The van der Waals surface area contributed by atoms with E-state index in [0.29, 0.717) is 0 Å². The van der Waals surface area contributed by atoms with Gasteiger partial charge in [-0.2, -0.15) is 0 Å². The number of aryl methyl sites for hydroxylation is 1. The zero-order valence-electron chi connectivity index (χ0n) is 24.3. The van der Waals surface area contributed by atoms with E-state index in [1.165, 1.54) is 5.56 Å². The van der Waals surface area contributed by atoms with Crippen LogP contribution in [-0.2, 0) is 168 Å². The van der Waals surface area contributed by atoms with Crippen molar-refractivity contribution >= 4 is 97.3 Å². The van der Waals surface area contributed by atoms with Crippen molar-refractivity contribution in [3.63, 3.8) is 0 Å². The van der Waals surface area contributed by atoms with Gasteiger partial charge in [-0.05, 0) is 43.4 Å². The van der Waals surface area contributed by atoms with Crippen LogP contribution in [0, 0.1) is 6.92 Å². The second-order valence-electron chi connectivity index (χ2n) is 5.89. The molecule has 32 nitrogen and oxygen atoms in total. The summed E-state index contributed by atoms with van der Waals surface area (Å²) in [7, 11) is -50.5. The summed E-state index contributed by atoms with van der Waals surface area (Å²) in [6, 6.07) is 10.3. The largest absolute Gasteiger partial charge is 4.00 e. The van der Waals surface area contributed by atoms with Crippen LogP contribution in [-0.4, -0.2) is 0 Å². The fraction of sp³-hybridized carbons (Fsp3) is 0.143. The SMILES string of the molecule is Cc1ccccc1.O=[P+]([O-])OP(=O)([O-])O[P+](=O)[O-].O=[P+]([O-])OP(=O)([O-])O[P+](=O)[O-].O=[P+]([O-])OP(=O)([O-])O[P+](=O)[O-].O=[P+]([O-])OP(=O)([O-])O[P+](=O)[O-].[Zr+4].[Zr+4].[Zr+4]. The van der Waals surface area contributed by atoms with Gasteiger partial charge in [0.1, 0.15) is 0 Å². The van der Waals surface area contributed by atoms with Gasteiger partial charge in [-0.1, -0.05) is 70.4 Å². The third-order valence-electron chi connectivity index (χ3n) is 2.27. The van der Waals surface area contributed by atoms with Crippen molar-refractivity contribution in [1.82, 2.24) is 0 Å². The fourth-order valence-electron chi connectivity index (χ4n) is 1.25. The Kier molecular flexibility index (Phi) is 49.6. The molecule has 8 atom stereocenters. The van der Waals surface area contributed by atoms with Gasteiger partial charge < -0.3 is 58.7 Å². The summed E-state index contributed by atoms with van der Waals surface area (Å²) in [4.78, 5) is 117. The van der Waals surface area contributed by atoms with E-state index in [1.54, 1.807) is 0 Å². The Labute approximate surface area is 363 Å². The molecule has 0 bridgehead atoms. The van der Waals surface area contributed by atoms with Crippen molar-refractivity contribution in [2.24, 2.45) is 0 Å². The Morgan fingerprint density at radius 3 is 0.574 bits per heavy atom. The van der Waals surface area contributed by atoms with Crippen LogP contribution in [0.1, 0.15) is 5.56 Å². The van der Waals surface area contributed by atoms with E-state index in [-0.39, 0.29) is 78.6 Å². The topological polar surface area (TPSA) is 555 Å². The molecule has 1 aromatic carbocycles. The van der Waals surface area contributed by atoms with Gasteiger partial charge >= 0.3 is 176 Å². The predicted molar refractivity (Wildman–Crippen MR) is 131 cm³/mol. The first-order valence-corrected chi connectivity index (χ1v) is 24.3. The van der Waals surface area contributed by atoms with Crippen LogP contribution in [0.15, 0.2) is 30.3 Å². The number of benzene rings is 1. The average Bonchev–Trinajstić information content (AvgIpc) is 2.79. The van der Waals surface area contributed by atoms with Gasteiger partial charge in [-0.15, -0.1) is 0 Å². The van der Waals surface area contributed by atoms with E-state index >= 15 is 0 Å². The quantitative estimate of drug-likeness (QED) is 0.143. The van der Waals surface area contributed by atoms with Crippen LogP contribution in [0.4, 0.5) is 0 Å². The third kappa shape index (κ3) is 61.5. The van der Waals surface area contributed by atoms with Crippen molar-refractivity contribution in [2.45, 2.75) is 6.92 Å². The summed E-state index contributed by atoms with van der Waals surface area (Å²) >= 11 is 0. The van der Waals surface area contributed by atoms with E-state index in [2.05, 4.69) is 53.5 Å². The molecule has 0 aliphatic rings. The van der Waals surface area contributed by atoms with Crippen molar-refractivity contribution in [2.75, 3.05) is 0 Å². The summed E-state index contributed by atoms with van der Waals surface area (Å²) in [5.74, 6) is 0. The third-order valence-corrected chi connectivity index (χ3v) is 12.9. The maximum Gasteiger partial charge on any atom is 4.00 e. The summed E-state index contributed by atoms with van der Waals surface area (Å²) in [6.45, 7) is 2.08. The standard InChI is InChI=1S/C7H8.4HO8P3.3Zr/c1-7-5-3-2-4-6-7;4*1-9(2)7-11(5,6)8-10(3)4;;;/h2-6H,1H3;4*(H,5,6);;;/q;;;;;3*+4/p-4. The smallest absolute Gasteiger partial charge is 0.750 e. The van der Waals surface area contributed by atoms with Gasteiger partial charge in [-0.3, -0.25) is 18.3 Å². The maximum atomic E-state index is 10.1. The Morgan fingerprint density at radius 2 is 0.500 bits per heavy atom. The van der Waals surface area contributed by atoms with Crippen LogP contribution >= 0.6 is 97.3 Å². The number of rotatable bonds is 16. The molecule has 0 N–H and O–H groups in total. The molecule has 0 aromatic heterocycles. The van der Waals surface area contributed by atoms with Gasteiger partial charge in [-0.25, -0.2) is 0 Å². The molecule has 1 rings (SSSR count). The molecule has 0 aliphatic carbocycles. The zero-order valence-corrected chi connectivity index (χ0v) is 42.4. The molecular formula is C7H8O32P12Zr3+8. The molecular weight excluding hydrogens is 1240 g/mol. The van der Waals surface area contributed by atoms with Crippen LogP contribution < -0.4 is 58.7 Å². The molecule has 0 saturated heterocycles. The van der Waals surface area contributed by atoms with Crippen molar-refractivity contribution in [3.8, 4) is 0 Å². The maximum absolute atomic E-state index is 10.1. The molecule has 1 aromatic rings. The van der Waals surface area contributed by atoms with Crippen molar-refractivity contribution < 1.29 is 227 Å². The van der Waals surface area contributed by atoms with Crippen molar-refractivity contribution in [1.29, 1.82) is 0 Å². The molecule has 0 heterocycles. The Bertz CT molecular complexity index is 1300. The van der Waals surface area contributed by atoms with Crippen molar-refractivity contribution in [3.05, 3.63) is 35.9 Å². The Morgan fingerprint density at radius 1 is 0.370 bits per heavy atom. The molecule has 0 fully saturated rings. The molecule has 0 radical (unpaired) electrons. The molecule has 47 heteroatoms. The molecule has 0 saturated carbocycles. The summed E-state index contributed by atoms with van der Waals surface area (Å²) < 4.78 is 142. The summed E-state index contributed by atoms with van der Waals surface area (Å²) in [6.07, 6.45) is 0. The predicted octanol–water partition coefficient (Wildman–Crippen LogP) is -3.92. The van der Waals surface area contributed by atoms with E-state index in [9.17, 15) is 114 Å². The van der Waals surface area contributed by atoms with Gasteiger partial charge in [0, 0.05) is 0 Å². The minimum absolute atomic E-state index is 0. The van der Waals surface area contributed by atoms with E-state index in [0.717, 1.165) is 0 Å². The second kappa shape index (κ2) is 37.5. The van der Waals surface area contributed by atoms with Crippen LogP contribution in [0.2, 0.25) is 0 Å². The number of hydrogen-bond acceptors (Lipinski definition) is 32. The number of phosphoric acid groups is 4. The minimum Gasteiger partial charge on any atom is -0.750 e. The average molecular weight is 1250 g/mol. The van der Waals surface area contributed by atoms with E-state index in [1.807, 2.05) is 18.2 Å². The zero-order chi connectivity index (χ0) is 41.4. The summed E-state index contributed by atoms with van der Waals surface area (Å²) in [5.41, 5.74) is 1.32. The normalized spacial score (nSPS) is 16.5. The van der Waals surface area contributed by atoms with E-state index in [4.69, 9.17) is 0 Å². The number of hydrogen-bond donors (Lipinski definition) is 0. The molecule has 54 heavy (non-hydrogen) atoms. The first-order valence-electron chi connectivity index (χ1n) is 9.71. The second-order valence-corrected chi connectivity index (χ2v) is 18.3. The molecule has 8 unspecified atom stereocenters. The molecule has 0 aliphatic heterocycles. The van der Waals surface area contributed by atoms with Gasteiger partial charge in [0.2, 0.25) is 0 Å². The Balaban J connectivity index is -0.000000101. The molecule has 292 valence electrons. The molecule has 0 spiro atoms. The first kappa shape index (κ1) is 71.3. The Hall–Kier alpha value is 2.79. The van der Waals surface area contributed by atoms with E-state index < -0.39 is 97.3 Å². The van der Waals surface area contributed by atoms with Crippen LogP contribution in [0.3, 0.4) is 0 Å². The summed E-state index contributed by atoms with van der Waals surface area (Å²) in [5, 5.41) is 0. The minimum atomic E-state index is -5.25. The molecule has 0 amide bonds. The van der Waals surface area contributed by atoms with Gasteiger partial charge in [0.05, 0.1) is 0 Å². The monoisotopic (exact) mass is 1250 g/mol.